The molecule has 20 heavy (non-hydrogen) atoms. The highest BCUT2D eigenvalue weighted by molar-refractivity contribution is 6.31. The standard InChI is InChI=1S/C16H26ClNO2/c1-12(2)10-18-11-14-15(17)6-5-7-16(14)20-13(3)8-9-19-4/h5-7,12-13,18H,8-11H2,1-4H3. The molecule has 0 spiro atoms. The summed E-state index contributed by atoms with van der Waals surface area (Å²) in [5.74, 6) is 1.47. The van der Waals surface area contributed by atoms with Crippen LogP contribution in [0.25, 0.3) is 0 Å². The Morgan fingerprint density at radius 2 is 2.00 bits per heavy atom. The molecule has 1 N–H and O–H groups in total. The Hall–Kier alpha value is -0.770. The van der Waals surface area contributed by atoms with Gasteiger partial charge in [-0.15, -0.1) is 0 Å². The maximum absolute atomic E-state index is 6.29. The molecule has 0 radical (unpaired) electrons. The molecule has 0 aliphatic rings. The van der Waals surface area contributed by atoms with Crippen LogP contribution in [0.2, 0.25) is 5.02 Å². The normalized spacial score (nSPS) is 12.7. The minimum atomic E-state index is 0.109. The first-order chi connectivity index (χ1) is 9.54. The smallest absolute Gasteiger partial charge is 0.125 e. The molecule has 1 aromatic carbocycles. The number of rotatable bonds is 9. The number of hydrogen-bond acceptors (Lipinski definition) is 3. The van der Waals surface area contributed by atoms with Crippen LogP contribution in [-0.4, -0.2) is 26.4 Å². The Morgan fingerprint density at radius 3 is 2.65 bits per heavy atom. The fraction of sp³-hybridized carbons (Fsp3) is 0.625. The molecule has 0 aromatic heterocycles. The molecule has 1 rings (SSSR count). The van der Waals surface area contributed by atoms with E-state index < -0.39 is 0 Å². The molecule has 0 aliphatic heterocycles. The number of ether oxygens (including phenoxy) is 2. The van der Waals surface area contributed by atoms with Gasteiger partial charge >= 0.3 is 0 Å². The fourth-order valence-corrected chi connectivity index (χ4v) is 2.10. The van der Waals surface area contributed by atoms with E-state index >= 15 is 0 Å². The zero-order chi connectivity index (χ0) is 15.0. The van der Waals surface area contributed by atoms with Crippen molar-refractivity contribution in [3.8, 4) is 5.75 Å². The van der Waals surface area contributed by atoms with E-state index in [-0.39, 0.29) is 6.10 Å². The number of nitrogens with one attached hydrogen (secondary N) is 1. The van der Waals surface area contributed by atoms with Crippen LogP contribution in [0.5, 0.6) is 5.75 Å². The lowest BCUT2D eigenvalue weighted by Crippen LogP contribution is -2.21. The number of benzene rings is 1. The van der Waals surface area contributed by atoms with E-state index in [2.05, 4.69) is 19.2 Å². The van der Waals surface area contributed by atoms with Gasteiger partial charge in [0.2, 0.25) is 0 Å². The number of hydrogen-bond donors (Lipinski definition) is 1. The number of methoxy groups -OCH3 is 1. The Morgan fingerprint density at radius 1 is 1.25 bits per heavy atom. The van der Waals surface area contributed by atoms with Crippen molar-refractivity contribution in [3.05, 3.63) is 28.8 Å². The van der Waals surface area contributed by atoms with Crippen molar-refractivity contribution < 1.29 is 9.47 Å². The van der Waals surface area contributed by atoms with E-state index in [9.17, 15) is 0 Å². The minimum Gasteiger partial charge on any atom is -0.490 e. The summed E-state index contributed by atoms with van der Waals surface area (Å²) in [5, 5.41) is 4.16. The average molecular weight is 300 g/mol. The van der Waals surface area contributed by atoms with Crippen molar-refractivity contribution in [3.63, 3.8) is 0 Å². The molecule has 1 unspecified atom stereocenters. The highest BCUT2D eigenvalue weighted by Crippen LogP contribution is 2.27. The second kappa shape index (κ2) is 9.22. The van der Waals surface area contributed by atoms with Gasteiger partial charge in [0, 0.05) is 37.3 Å². The third-order valence-electron chi connectivity index (χ3n) is 2.99. The molecule has 0 aliphatic carbocycles. The van der Waals surface area contributed by atoms with Gasteiger partial charge in [-0.25, -0.2) is 0 Å². The van der Waals surface area contributed by atoms with Gasteiger partial charge in [0.25, 0.3) is 0 Å². The summed E-state index contributed by atoms with van der Waals surface area (Å²) in [4.78, 5) is 0. The molecular weight excluding hydrogens is 274 g/mol. The first kappa shape index (κ1) is 17.3. The summed E-state index contributed by atoms with van der Waals surface area (Å²) in [5.41, 5.74) is 1.03. The topological polar surface area (TPSA) is 30.5 Å². The zero-order valence-corrected chi connectivity index (χ0v) is 13.7. The molecule has 4 heteroatoms. The molecule has 1 atom stereocenters. The van der Waals surface area contributed by atoms with Gasteiger partial charge in [-0.1, -0.05) is 31.5 Å². The van der Waals surface area contributed by atoms with Crippen molar-refractivity contribution in [1.29, 1.82) is 0 Å². The largest absolute Gasteiger partial charge is 0.490 e. The van der Waals surface area contributed by atoms with Gasteiger partial charge in [-0.2, -0.15) is 0 Å². The van der Waals surface area contributed by atoms with Crippen molar-refractivity contribution in [2.75, 3.05) is 20.3 Å². The predicted molar refractivity (Wildman–Crippen MR) is 84.6 cm³/mol. The SMILES string of the molecule is COCCC(C)Oc1cccc(Cl)c1CNCC(C)C. The molecular formula is C16H26ClNO2. The zero-order valence-electron chi connectivity index (χ0n) is 12.9. The highest BCUT2D eigenvalue weighted by Gasteiger charge is 2.11. The third kappa shape index (κ3) is 6.12. The summed E-state index contributed by atoms with van der Waals surface area (Å²) in [6.07, 6.45) is 0.972. The van der Waals surface area contributed by atoms with Crippen LogP contribution in [0, 0.1) is 5.92 Å². The Kier molecular flexibility index (Phi) is 7.97. The lowest BCUT2D eigenvalue weighted by Gasteiger charge is -2.18. The maximum atomic E-state index is 6.29. The van der Waals surface area contributed by atoms with Crippen molar-refractivity contribution >= 4 is 11.6 Å². The van der Waals surface area contributed by atoms with E-state index in [0.29, 0.717) is 12.5 Å². The molecule has 1 aromatic rings. The molecule has 0 bridgehead atoms. The Labute approximate surface area is 127 Å². The molecule has 0 fully saturated rings. The van der Waals surface area contributed by atoms with E-state index in [1.54, 1.807) is 7.11 Å². The molecule has 0 saturated carbocycles. The van der Waals surface area contributed by atoms with Gasteiger partial charge in [-0.05, 0) is 31.5 Å². The molecule has 0 amide bonds. The first-order valence-corrected chi connectivity index (χ1v) is 7.56. The van der Waals surface area contributed by atoms with Crippen LogP contribution in [0.1, 0.15) is 32.8 Å². The summed E-state index contributed by atoms with van der Waals surface area (Å²) in [7, 11) is 1.70. The van der Waals surface area contributed by atoms with Crippen LogP contribution >= 0.6 is 11.6 Å². The quantitative estimate of drug-likeness (QED) is 0.750. The van der Waals surface area contributed by atoms with Gasteiger partial charge in [-0.3, -0.25) is 0 Å². The molecule has 114 valence electrons. The minimum absolute atomic E-state index is 0.109. The first-order valence-electron chi connectivity index (χ1n) is 7.18. The lowest BCUT2D eigenvalue weighted by molar-refractivity contribution is 0.134. The maximum Gasteiger partial charge on any atom is 0.125 e. The predicted octanol–water partition coefficient (Wildman–Crippen LogP) is 3.89. The van der Waals surface area contributed by atoms with Crippen LogP contribution in [0.3, 0.4) is 0 Å². The third-order valence-corrected chi connectivity index (χ3v) is 3.34. The summed E-state index contributed by atoms with van der Waals surface area (Å²) in [6.45, 7) is 8.80. The second-order valence-electron chi connectivity index (χ2n) is 5.45. The van der Waals surface area contributed by atoms with Crippen LogP contribution in [-0.2, 0) is 11.3 Å². The Bertz CT molecular complexity index is 396. The molecule has 0 heterocycles. The van der Waals surface area contributed by atoms with E-state index in [4.69, 9.17) is 21.1 Å². The van der Waals surface area contributed by atoms with Crippen LogP contribution in [0.15, 0.2) is 18.2 Å². The van der Waals surface area contributed by atoms with Crippen LogP contribution in [0.4, 0.5) is 0 Å². The molecule has 3 nitrogen and oxygen atoms in total. The van der Waals surface area contributed by atoms with Crippen molar-refractivity contribution in [2.45, 2.75) is 39.8 Å². The van der Waals surface area contributed by atoms with E-state index in [0.717, 1.165) is 35.8 Å². The van der Waals surface area contributed by atoms with Gasteiger partial charge in [0.1, 0.15) is 5.75 Å². The summed E-state index contributed by atoms with van der Waals surface area (Å²) >= 11 is 6.29. The van der Waals surface area contributed by atoms with E-state index in [1.165, 1.54) is 0 Å². The fourth-order valence-electron chi connectivity index (χ4n) is 1.87. The molecule has 0 saturated heterocycles. The van der Waals surface area contributed by atoms with E-state index in [1.807, 2.05) is 25.1 Å². The summed E-state index contributed by atoms with van der Waals surface area (Å²) < 4.78 is 11.1. The van der Waals surface area contributed by atoms with Gasteiger partial charge in [0.05, 0.1) is 6.10 Å². The lowest BCUT2D eigenvalue weighted by atomic mass is 10.1. The number of halogens is 1. The monoisotopic (exact) mass is 299 g/mol. The van der Waals surface area contributed by atoms with Gasteiger partial charge in [0.15, 0.2) is 0 Å². The van der Waals surface area contributed by atoms with Crippen LogP contribution < -0.4 is 10.1 Å². The average Bonchev–Trinajstić information content (AvgIpc) is 2.39. The van der Waals surface area contributed by atoms with Crippen molar-refractivity contribution in [2.24, 2.45) is 5.92 Å². The Balaban J connectivity index is 2.67. The summed E-state index contributed by atoms with van der Waals surface area (Å²) in [6, 6.07) is 5.80. The second-order valence-corrected chi connectivity index (χ2v) is 5.86. The highest BCUT2D eigenvalue weighted by atomic mass is 35.5. The van der Waals surface area contributed by atoms with Gasteiger partial charge < -0.3 is 14.8 Å². The van der Waals surface area contributed by atoms with Crippen molar-refractivity contribution in [1.82, 2.24) is 5.32 Å².